The minimum absolute atomic E-state index is 0.0318. The van der Waals surface area contributed by atoms with Crippen molar-refractivity contribution in [2.24, 2.45) is 5.92 Å². The standard InChI is InChI=1S/C15H18N4O2/c20-15(5-6-19-11-16-10-18-19)17-8-12-7-13-3-1-2-4-14(13)21-9-12/h1-4,10-12H,5-9H2,(H,17,20)/t12-/m0/s1. The third kappa shape index (κ3) is 3.59. The number of aryl methyl sites for hydroxylation is 1. The normalized spacial score (nSPS) is 16.9. The van der Waals surface area contributed by atoms with Crippen molar-refractivity contribution in [2.75, 3.05) is 13.2 Å². The Labute approximate surface area is 123 Å². The Balaban J connectivity index is 1.42. The molecule has 1 amide bonds. The van der Waals surface area contributed by atoms with E-state index in [2.05, 4.69) is 21.5 Å². The molecule has 0 bridgehead atoms. The second-order valence-electron chi connectivity index (χ2n) is 5.20. The predicted octanol–water partition coefficient (Wildman–Crippen LogP) is 1.04. The third-order valence-corrected chi connectivity index (χ3v) is 3.58. The van der Waals surface area contributed by atoms with Gasteiger partial charge < -0.3 is 10.1 Å². The van der Waals surface area contributed by atoms with Crippen molar-refractivity contribution < 1.29 is 9.53 Å². The molecule has 1 atom stereocenters. The van der Waals surface area contributed by atoms with Crippen molar-refractivity contribution in [2.45, 2.75) is 19.4 Å². The minimum atomic E-state index is 0.0318. The molecular formula is C15H18N4O2. The molecule has 21 heavy (non-hydrogen) atoms. The fourth-order valence-corrected chi connectivity index (χ4v) is 2.43. The summed E-state index contributed by atoms with van der Waals surface area (Å²) in [4.78, 5) is 15.7. The molecule has 3 rings (SSSR count). The lowest BCUT2D eigenvalue weighted by Crippen LogP contribution is -2.35. The Morgan fingerprint density at radius 1 is 1.43 bits per heavy atom. The van der Waals surface area contributed by atoms with Crippen molar-refractivity contribution in [1.82, 2.24) is 20.1 Å². The molecule has 110 valence electrons. The van der Waals surface area contributed by atoms with Gasteiger partial charge in [-0.3, -0.25) is 9.48 Å². The molecule has 0 saturated heterocycles. The van der Waals surface area contributed by atoms with Gasteiger partial charge in [-0.2, -0.15) is 5.10 Å². The number of aromatic nitrogens is 3. The highest BCUT2D eigenvalue weighted by molar-refractivity contribution is 5.75. The second kappa shape index (κ2) is 6.39. The zero-order valence-electron chi connectivity index (χ0n) is 11.7. The highest BCUT2D eigenvalue weighted by Crippen LogP contribution is 2.26. The number of nitrogens with zero attached hydrogens (tertiary/aromatic N) is 3. The third-order valence-electron chi connectivity index (χ3n) is 3.58. The first-order chi connectivity index (χ1) is 10.3. The molecule has 1 N–H and O–H groups in total. The molecular weight excluding hydrogens is 268 g/mol. The zero-order valence-corrected chi connectivity index (χ0v) is 11.7. The van der Waals surface area contributed by atoms with Crippen LogP contribution >= 0.6 is 0 Å². The van der Waals surface area contributed by atoms with Gasteiger partial charge in [-0.15, -0.1) is 0 Å². The van der Waals surface area contributed by atoms with Gasteiger partial charge in [-0.25, -0.2) is 4.98 Å². The largest absolute Gasteiger partial charge is 0.493 e. The first-order valence-corrected chi connectivity index (χ1v) is 7.11. The predicted molar refractivity (Wildman–Crippen MR) is 76.8 cm³/mol. The van der Waals surface area contributed by atoms with E-state index in [1.54, 1.807) is 11.0 Å². The van der Waals surface area contributed by atoms with Gasteiger partial charge in [-0.1, -0.05) is 18.2 Å². The second-order valence-corrected chi connectivity index (χ2v) is 5.20. The number of ether oxygens (including phenoxy) is 1. The number of hydrogen-bond acceptors (Lipinski definition) is 4. The first-order valence-electron chi connectivity index (χ1n) is 7.11. The zero-order chi connectivity index (χ0) is 14.5. The van der Waals surface area contributed by atoms with Crippen LogP contribution in [-0.4, -0.2) is 33.8 Å². The van der Waals surface area contributed by atoms with Gasteiger partial charge in [0.05, 0.1) is 13.2 Å². The monoisotopic (exact) mass is 286 g/mol. The Bertz CT molecular complexity index is 597. The van der Waals surface area contributed by atoms with Gasteiger partial charge in [-0.05, 0) is 18.1 Å². The van der Waals surface area contributed by atoms with Crippen molar-refractivity contribution >= 4 is 5.91 Å². The van der Waals surface area contributed by atoms with E-state index in [0.717, 1.165) is 12.2 Å². The van der Waals surface area contributed by atoms with Crippen LogP contribution in [0.3, 0.4) is 0 Å². The molecule has 0 aliphatic carbocycles. The fraction of sp³-hybridized carbons (Fsp3) is 0.400. The number of nitrogens with one attached hydrogen (secondary N) is 1. The molecule has 0 radical (unpaired) electrons. The van der Waals surface area contributed by atoms with Crippen LogP contribution in [0.25, 0.3) is 0 Å². The van der Waals surface area contributed by atoms with E-state index in [9.17, 15) is 4.79 Å². The fourth-order valence-electron chi connectivity index (χ4n) is 2.43. The molecule has 0 saturated carbocycles. The number of benzene rings is 1. The van der Waals surface area contributed by atoms with E-state index < -0.39 is 0 Å². The highest BCUT2D eigenvalue weighted by Gasteiger charge is 2.19. The number of para-hydroxylation sites is 1. The Kier molecular flexibility index (Phi) is 4.14. The average molecular weight is 286 g/mol. The van der Waals surface area contributed by atoms with Gasteiger partial charge in [0.2, 0.25) is 5.91 Å². The summed E-state index contributed by atoms with van der Waals surface area (Å²) < 4.78 is 7.37. The molecule has 1 aliphatic rings. The van der Waals surface area contributed by atoms with Crippen molar-refractivity contribution in [1.29, 1.82) is 0 Å². The molecule has 0 fully saturated rings. The molecule has 6 heteroatoms. The van der Waals surface area contributed by atoms with E-state index in [0.29, 0.717) is 32.0 Å². The molecule has 1 aliphatic heterocycles. The summed E-state index contributed by atoms with van der Waals surface area (Å²) >= 11 is 0. The lowest BCUT2D eigenvalue weighted by atomic mass is 9.97. The van der Waals surface area contributed by atoms with Crippen LogP contribution in [0.15, 0.2) is 36.9 Å². The summed E-state index contributed by atoms with van der Waals surface area (Å²) in [6.45, 7) is 1.85. The maximum Gasteiger partial charge on any atom is 0.221 e. The molecule has 6 nitrogen and oxygen atoms in total. The van der Waals surface area contributed by atoms with Crippen LogP contribution in [0.1, 0.15) is 12.0 Å². The Morgan fingerprint density at radius 3 is 3.19 bits per heavy atom. The molecule has 0 unspecified atom stereocenters. The van der Waals surface area contributed by atoms with E-state index in [1.165, 1.54) is 11.9 Å². The van der Waals surface area contributed by atoms with Gasteiger partial charge in [0.15, 0.2) is 0 Å². The summed E-state index contributed by atoms with van der Waals surface area (Å²) in [5, 5.41) is 6.93. The van der Waals surface area contributed by atoms with E-state index in [4.69, 9.17) is 4.74 Å². The maximum absolute atomic E-state index is 11.8. The van der Waals surface area contributed by atoms with Gasteiger partial charge in [0.25, 0.3) is 0 Å². The van der Waals surface area contributed by atoms with E-state index in [1.807, 2.05) is 18.2 Å². The Hall–Kier alpha value is -2.37. The average Bonchev–Trinajstić information content (AvgIpc) is 3.04. The van der Waals surface area contributed by atoms with Gasteiger partial charge in [0, 0.05) is 18.9 Å². The topological polar surface area (TPSA) is 69.0 Å². The van der Waals surface area contributed by atoms with Crippen molar-refractivity contribution in [3.8, 4) is 5.75 Å². The molecule has 2 heterocycles. The number of amides is 1. The molecule has 0 spiro atoms. The van der Waals surface area contributed by atoms with Crippen LogP contribution in [-0.2, 0) is 17.8 Å². The lowest BCUT2D eigenvalue weighted by molar-refractivity contribution is -0.121. The summed E-state index contributed by atoms with van der Waals surface area (Å²) in [5.74, 6) is 1.32. The summed E-state index contributed by atoms with van der Waals surface area (Å²) in [6.07, 6.45) is 4.43. The van der Waals surface area contributed by atoms with Gasteiger partial charge in [0.1, 0.15) is 18.4 Å². The van der Waals surface area contributed by atoms with Crippen molar-refractivity contribution in [3.63, 3.8) is 0 Å². The van der Waals surface area contributed by atoms with Crippen LogP contribution in [0.5, 0.6) is 5.75 Å². The number of hydrogen-bond donors (Lipinski definition) is 1. The number of rotatable bonds is 5. The highest BCUT2D eigenvalue weighted by atomic mass is 16.5. The van der Waals surface area contributed by atoms with E-state index in [-0.39, 0.29) is 5.91 Å². The van der Waals surface area contributed by atoms with Crippen molar-refractivity contribution in [3.05, 3.63) is 42.5 Å². The summed E-state index contributed by atoms with van der Waals surface area (Å²) in [7, 11) is 0. The number of carbonyl (C=O) groups excluding carboxylic acids is 1. The number of fused-ring (bicyclic) bond motifs is 1. The maximum atomic E-state index is 11.8. The first kappa shape index (κ1) is 13.6. The smallest absolute Gasteiger partial charge is 0.221 e. The minimum Gasteiger partial charge on any atom is -0.493 e. The lowest BCUT2D eigenvalue weighted by Gasteiger charge is -2.25. The summed E-state index contributed by atoms with van der Waals surface area (Å²) in [5.41, 5.74) is 1.21. The van der Waals surface area contributed by atoms with Crippen LogP contribution in [0, 0.1) is 5.92 Å². The van der Waals surface area contributed by atoms with Crippen LogP contribution in [0.4, 0.5) is 0 Å². The number of carbonyl (C=O) groups is 1. The Morgan fingerprint density at radius 2 is 2.33 bits per heavy atom. The molecule has 1 aromatic carbocycles. The van der Waals surface area contributed by atoms with Crippen LogP contribution in [0.2, 0.25) is 0 Å². The molecule has 2 aromatic rings. The summed E-state index contributed by atoms with van der Waals surface area (Å²) in [6, 6.07) is 8.06. The van der Waals surface area contributed by atoms with E-state index >= 15 is 0 Å². The SMILES string of the molecule is O=C(CCn1cncn1)NC[C@H]1COc2ccccc2C1. The van der Waals surface area contributed by atoms with Gasteiger partial charge >= 0.3 is 0 Å². The van der Waals surface area contributed by atoms with Crippen LogP contribution < -0.4 is 10.1 Å². The quantitative estimate of drug-likeness (QED) is 0.891. The molecule has 1 aromatic heterocycles.